The van der Waals surface area contributed by atoms with E-state index in [0.717, 1.165) is 31.2 Å². The second-order valence-electron chi connectivity index (χ2n) is 6.04. The van der Waals surface area contributed by atoms with Gasteiger partial charge in [0.05, 0.1) is 12.8 Å². The Hall–Kier alpha value is -1.84. The molecule has 0 bridgehead atoms. The molecule has 4 nitrogen and oxygen atoms in total. The van der Waals surface area contributed by atoms with Crippen molar-refractivity contribution < 1.29 is 14.7 Å². The van der Waals surface area contributed by atoms with Crippen molar-refractivity contribution in [2.24, 2.45) is 0 Å². The molecule has 0 heterocycles. The number of hydrogen-bond acceptors (Lipinski definition) is 2. The third-order valence-electron chi connectivity index (χ3n) is 4.35. The molecule has 4 heteroatoms. The fraction of sp³-hybridized carbons (Fsp3) is 0.556. The molecular formula is C18H25NO3. The number of carbonyl (C=O) groups is 2. The SMILES string of the molecule is O=C(O)CCN(C(=O)Cc1ccccc1)C1CCCCCC1. The van der Waals surface area contributed by atoms with Crippen LogP contribution in [0.3, 0.4) is 0 Å². The lowest BCUT2D eigenvalue weighted by Gasteiger charge is -2.31. The molecule has 1 aromatic carbocycles. The first-order valence-corrected chi connectivity index (χ1v) is 8.22. The van der Waals surface area contributed by atoms with Crippen LogP contribution in [0.25, 0.3) is 0 Å². The summed E-state index contributed by atoms with van der Waals surface area (Å²) >= 11 is 0. The standard InChI is InChI=1S/C18H25NO3/c20-17(14-15-8-4-3-5-9-15)19(13-12-18(21)22)16-10-6-1-2-7-11-16/h3-5,8-9,16H,1-2,6-7,10-14H2,(H,21,22). The first-order chi connectivity index (χ1) is 10.7. The molecule has 1 aromatic rings. The minimum absolute atomic E-state index is 0.0248. The first-order valence-electron chi connectivity index (χ1n) is 8.22. The van der Waals surface area contributed by atoms with Gasteiger partial charge in [0.2, 0.25) is 5.91 Å². The quantitative estimate of drug-likeness (QED) is 0.821. The number of benzene rings is 1. The highest BCUT2D eigenvalue weighted by molar-refractivity contribution is 5.79. The number of carbonyl (C=O) groups excluding carboxylic acids is 1. The van der Waals surface area contributed by atoms with Crippen LogP contribution in [0.4, 0.5) is 0 Å². The average molecular weight is 303 g/mol. The summed E-state index contributed by atoms with van der Waals surface area (Å²) in [6.07, 6.45) is 7.08. The van der Waals surface area contributed by atoms with Crippen LogP contribution >= 0.6 is 0 Å². The van der Waals surface area contributed by atoms with E-state index in [1.807, 2.05) is 35.2 Å². The van der Waals surface area contributed by atoms with Gasteiger partial charge in [0.15, 0.2) is 0 Å². The molecule has 0 unspecified atom stereocenters. The van der Waals surface area contributed by atoms with Gasteiger partial charge < -0.3 is 10.0 Å². The van der Waals surface area contributed by atoms with Gasteiger partial charge in [-0.15, -0.1) is 0 Å². The second-order valence-corrected chi connectivity index (χ2v) is 6.04. The average Bonchev–Trinajstić information content (AvgIpc) is 2.77. The summed E-state index contributed by atoms with van der Waals surface area (Å²) in [7, 11) is 0. The Morgan fingerprint density at radius 3 is 2.27 bits per heavy atom. The fourth-order valence-electron chi connectivity index (χ4n) is 3.17. The minimum Gasteiger partial charge on any atom is -0.481 e. The molecule has 1 aliphatic carbocycles. The summed E-state index contributed by atoms with van der Waals surface area (Å²) in [6, 6.07) is 9.88. The molecule has 1 saturated carbocycles. The molecular weight excluding hydrogens is 278 g/mol. The molecule has 0 aliphatic heterocycles. The molecule has 1 N–H and O–H groups in total. The molecule has 0 saturated heterocycles. The summed E-state index contributed by atoms with van der Waals surface area (Å²) in [4.78, 5) is 25.4. The number of rotatable bonds is 6. The molecule has 0 radical (unpaired) electrons. The van der Waals surface area contributed by atoms with Gasteiger partial charge in [-0.3, -0.25) is 9.59 Å². The maximum absolute atomic E-state index is 12.7. The van der Waals surface area contributed by atoms with Crippen LogP contribution in [-0.4, -0.2) is 34.5 Å². The molecule has 1 aliphatic rings. The lowest BCUT2D eigenvalue weighted by molar-refractivity contribution is -0.139. The van der Waals surface area contributed by atoms with Gasteiger partial charge in [-0.25, -0.2) is 0 Å². The van der Waals surface area contributed by atoms with E-state index in [1.165, 1.54) is 12.8 Å². The van der Waals surface area contributed by atoms with Crippen LogP contribution in [0.1, 0.15) is 50.5 Å². The van der Waals surface area contributed by atoms with E-state index in [4.69, 9.17) is 5.11 Å². The number of carboxylic acid groups (broad SMARTS) is 1. The number of hydrogen-bond donors (Lipinski definition) is 1. The summed E-state index contributed by atoms with van der Waals surface area (Å²) in [6.45, 7) is 0.325. The van der Waals surface area contributed by atoms with Crippen molar-refractivity contribution in [1.29, 1.82) is 0 Å². The monoisotopic (exact) mass is 303 g/mol. The van der Waals surface area contributed by atoms with Gasteiger partial charge in [-0.05, 0) is 18.4 Å². The van der Waals surface area contributed by atoms with E-state index in [0.29, 0.717) is 13.0 Å². The normalized spacial score (nSPS) is 16.0. The molecule has 1 amide bonds. The smallest absolute Gasteiger partial charge is 0.305 e. The van der Waals surface area contributed by atoms with Crippen molar-refractivity contribution >= 4 is 11.9 Å². The van der Waals surface area contributed by atoms with Gasteiger partial charge in [-0.2, -0.15) is 0 Å². The lowest BCUT2D eigenvalue weighted by atomic mass is 10.0. The predicted molar refractivity (Wildman–Crippen MR) is 85.6 cm³/mol. The summed E-state index contributed by atoms with van der Waals surface area (Å²) < 4.78 is 0. The highest BCUT2D eigenvalue weighted by atomic mass is 16.4. The molecule has 120 valence electrons. The van der Waals surface area contributed by atoms with E-state index in [9.17, 15) is 9.59 Å². The number of carboxylic acids is 1. The molecule has 2 rings (SSSR count). The van der Waals surface area contributed by atoms with E-state index >= 15 is 0 Å². The highest BCUT2D eigenvalue weighted by Gasteiger charge is 2.25. The third kappa shape index (κ3) is 5.17. The van der Waals surface area contributed by atoms with Crippen molar-refractivity contribution in [1.82, 2.24) is 4.90 Å². The summed E-state index contributed by atoms with van der Waals surface area (Å²) in [5.41, 5.74) is 0.987. The first kappa shape index (κ1) is 16.5. The number of amides is 1. The zero-order valence-corrected chi connectivity index (χ0v) is 13.0. The van der Waals surface area contributed by atoms with E-state index in [-0.39, 0.29) is 18.4 Å². The highest BCUT2D eigenvalue weighted by Crippen LogP contribution is 2.23. The van der Waals surface area contributed by atoms with Gasteiger partial charge in [0, 0.05) is 12.6 Å². The minimum atomic E-state index is -0.842. The molecule has 0 atom stereocenters. The van der Waals surface area contributed by atoms with Crippen LogP contribution in [0.2, 0.25) is 0 Å². The van der Waals surface area contributed by atoms with Crippen molar-refractivity contribution in [2.75, 3.05) is 6.54 Å². The maximum atomic E-state index is 12.7. The largest absolute Gasteiger partial charge is 0.481 e. The molecule has 0 spiro atoms. The predicted octanol–water partition coefficient (Wildman–Crippen LogP) is 3.26. The third-order valence-corrected chi connectivity index (χ3v) is 4.35. The zero-order chi connectivity index (χ0) is 15.8. The Morgan fingerprint density at radius 1 is 1.05 bits per heavy atom. The van der Waals surface area contributed by atoms with Crippen LogP contribution < -0.4 is 0 Å². The van der Waals surface area contributed by atoms with E-state index < -0.39 is 5.97 Å². The fourth-order valence-corrected chi connectivity index (χ4v) is 3.17. The van der Waals surface area contributed by atoms with Crippen LogP contribution in [0, 0.1) is 0 Å². The number of aliphatic carboxylic acids is 1. The Morgan fingerprint density at radius 2 is 1.68 bits per heavy atom. The van der Waals surface area contributed by atoms with Crippen molar-refractivity contribution in [3.05, 3.63) is 35.9 Å². The maximum Gasteiger partial charge on any atom is 0.305 e. The van der Waals surface area contributed by atoms with Gasteiger partial charge in [-0.1, -0.05) is 56.0 Å². The Bertz CT molecular complexity index is 478. The summed E-state index contributed by atoms with van der Waals surface area (Å²) in [5.74, 6) is -0.787. The molecule has 0 aromatic heterocycles. The molecule has 22 heavy (non-hydrogen) atoms. The van der Waals surface area contributed by atoms with E-state index in [1.54, 1.807) is 0 Å². The van der Waals surface area contributed by atoms with Gasteiger partial charge >= 0.3 is 5.97 Å². The van der Waals surface area contributed by atoms with Crippen molar-refractivity contribution in [2.45, 2.75) is 57.4 Å². The number of nitrogens with zero attached hydrogens (tertiary/aromatic N) is 1. The van der Waals surface area contributed by atoms with Crippen LogP contribution in [0.15, 0.2) is 30.3 Å². The molecule has 1 fully saturated rings. The van der Waals surface area contributed by atoms with Crippen LogP contribution in [-0.2, 0) is 16.0 Å². The summed E-state index contributed by atoms with van der Waals surface area (Å²) in [5, 5.41) is 8.95. The lowest BCUT2D eigenvalue weighted by Crippen LogP contribution is -2.42. The van der Waals surface area contributed by atoms with Crippen molar-refractivity contribution in [3.8, 4) is 0 Å². The van der Waals surface area contributed by atoms with Crippen molar-refractivity contribution in [3.63, 3.8) is 0 Å². The van der Waals surface area contributed by atoms with Gasteiger partial charge in [0.25, 0.3) is 0 Å². The van der Waals surface area contributed by atoms with E-state index in [2.05, 4.69) is 0 Å². The Labute approximate surface area is 132 Å². The Kier molecular flexibility index (Phi) is 6.44. The second kappa shape index (κ2) is 8.57. The Balaban J connectivity index is 2.04. The van der Waals surface area contributed by atoms with Crippen LogP contribution in [0.5, 0.6) is 0 Å². The topological polar surface area (TPSA) is 57.6 Å². The van der Waals surface area contributed by atoms with Gasteiger partial charge in [0.1, 0.15) is 0 Å². The zero-order valence-electron chi connectivity index (χ0n) is 13.0.